The predicted molar refractivity (Wildman–Crippen MR) is 102 cm³/mol. The molecule has 0 aromatic carbocycles. The van der Waals surface area contributed by atoms with Crippen molar-refractivity contribution in [1.82, 2.24) is 25.6 Å². The summed E-state index contributed by atoms with van der Waals surface area (Å²) in [7, 11) is 0. The maximum atomic E-state index is 12.7. The molecule has 2 saturated carbocycles. The number of nitrogens with zero attached hydrogens (tertiary/aromatic N) is 3. The molecule has 0 spiro atoms. The molecule has 2 aromatic rings. The molecule has 4 rings (SSSR count). The lowest BCUT2D eigenvalue weighted by Crippen LogP contribution is -2.55. The molecule has 7 nitrogen and oxygen atoms in total. The lowest BCUT2D eigenvalue weighted by Gasteiger charge is -2.40. The van der Waals surface area contributed by atoms with Crippen LogP contribution in [0.25, 0.3) is 0 Å². The Morgan fingerprint density at radius 2 is 1.74 bits per heavy atom. The van der Waals surface area contributed by atoms with Gasteiger partial charge in [-0.1, -0.05) is 0 Å². The lowest BCUT2D eigenvalue weighted by molar-refractivity contribution is 0.0829. The number of thiazole rings is 1. The second-order valence-electron chi connectivity index (χ2n) is 7.78. The van der Waals surface area contributed by atoms with Crippen molar-refractivity contribution < 1.29 is 9.59 Å². The van der Waals surface area contributed by atoms with Crippen LogP contribution in [-0.2, 0) is 0 Å². The Labute approximate surface area is 162 Å². The normalized spacial score (nSPS) is 26.6. The van der Waals surface area contributed by atoms with Gasteiger partial charge in [-0.25, -0.2) is 15.0 Å². The molecule has 2 N–H and O–H groups in total. The Kier molecular flexibility index (Phi) is 4.46. The maximum absolute atomic E-state index is 12.7. The van der Waals surface area contributed by atoms with E-state index in [2.05, 4.69) is 25.6 Å². The fourth-order valence-corrected chi connectivity index (χ4v) is 5.16. The minimum atomic E-state index is -0.278. The highest BCUT2D eigenvalue weighted by atomic mass is 32.1. The van der Waals surface area contributed by atoms with E-state index in [9.17, 15) is 9.59 Å². The Balaban J connectivity index is 1.48. The van der Waals surface area contributed by atoms with E-state index in [1.807, 2.05) is 12.3 Å². The van der Waals surface area contributed by atoms with Crippen LogP contribution in [0.1, 0.15) is 70.3 Å². The Morgan fingerprint density at radius 1 is 1.04 bits per heavy atom. The van der Waals surface area contributed by atoms with E-state index in [0.717, 1.165) is 44.2 Å². The van der Waals surface area contributed by atoms with Crippen LogP contribution in [0.5, 0.6) is 0 Å². The van der Waals surface area contributed by atoms with Gasteiger partial charge in [-0.05, 0) is 58.4 Å². The third kappa shape index (κ3) is 3.58. The van der Waals surface area contributed by atoms with E-state index in [0.29, 0.717) is 16.5 Å². The standard InChI is InChI=1S/C19H23N5O2S/c1-12-10-27-17(21-12)16(26)24-19-6-3-5-18(11-19,7-8-19)23-15(25)14-4-9-20-13(2)22-14/h4,9-10H,3,5-8,11H2,1-2H3,(H,23,25)(H,24,26)/t18-,19-/m1/s1. The third-order valence-corrected chi connectivity index (χ3v) is 6.61. The van der Waals surface area contributed by atoms with Crippen molar-refractivity contribution in [3.8, 4) is 0 Å². The van der Waals surface area contributed by atoms with Crippen molar-refractivity contribution in [1.29, 1.82) is 0 Å². The molecule has 142 valence electrons. The number of aromatic nitrogens is 3. The zero-order chi connectivity index (χ0) is 19.1. The third-order valence-electron chi connectivity index (χ3n) is 5.65. The molecule has 0 radical (unpaired) electrons. The summed E-state index contributed by atoms with van der Waals surface area (Å²) in [6.45, 7) is 3.66. The number of hydrogen-bond donors (Lipinski definition) is 2. The van der Waals surface area contributed by atoms with E-state index in [1.165, 1.54) is 11.3 Å². The molecule has 2 fully saturated rings. The molecule has 0 unspecified atom stereocenters. The molecule has 27 heavy (non-hydrogen) atoms. The monoisotopic (exact) mass is 385 g/mol. The average Bonchev–Trinajstić information content (AvgIpc) is 3.16. The number of rotatable bonds is 4. The van der Waals surface area contributed by atoms with E-state index >= 15 is 0 Å². The van der Waals surface area contributed by atoms with Gasteiger partial charge in [0.2, 0.25) is 0 Å². The van der Waals surface area contributed by atoms with Crippen molar-refractivity contribution in [3.05, 3.63) is 39.9 Å². The summed E-state index contributed by atoms with van der Waals surface area (Å²) in [5.41, 5.74) is 0.714. The molecule has 2 aromatic heterocycles. The Hall–Kier alpha value is -2.35. The van der Waals surface area contributed by atoms with Gasteiger partial charge in [0.15, 0.2) is 5.01 Å². The zero-order valence-electron chi connectivity index (χ0n) is 15.5. The molecule has 2 heterocycles. The SMILES string of the molecule is Cc1csc(C(=O)N[C@]23CCC[C@@](NC(=O)c4ccnc(C)n4)(CC2)C3)n1. The van der Waals surface area contributed by atoms with E-state index in [1.54, 1.807) is 19.2 Å². The van der Waals surface area contributed by atoms with Crippen LogP contribution in [0.2, 0.25) is 0 Å². The van der Waals surface area contributed by atoms with Gasteiger partial charge in [0.25, 0.3) is 11.8 Å². The topological polar surface area (TPSA) is 96.9 Å². The molecular formula is C19H23N5O2S. The second kappa shape index (κ2) is 6.67. The van der Waals surface area contributed by atoms with Crippen molar-refractivity contribution in [2.24, 2.45) is 0 Å². The largest absolute Gasteiger partial charge is 0.345 e. The Bertz CT molecular complexity index is 898. The number of carbonyl (C=O) groups excluding carboxylic acids is 2. The summed E-state index contributed by atoms with van der Waals surface area (Å²) < 4.78 is 0. The van der Waals surface area contributed by atoms with Crippen molar-refractivity contribution in [2.75, 3.05) is 0 Å². The number of fused-ring (bicyclic) bond motifs is 2. The Morgan fingerprint density at radius 3 is 2.37 bits per heavy atom. The summed E-state index contributed by atoms with van der Waals surface area (Å²) >= 11 is 1.37. The van der Waals surface area contributed by atoms with Gasteiger partial charge < -0.3 is 10.6 Å². The molecule has 2 aliphatic rings. The van der Waals surface area contributed by atoms with E-state index < -0.39 is 0 Å². The first kappa shape index (κ1) is 18.0. The lowest BCUT2D eigenvalue weighted by atomic mass is 9.78. The van der Waals surface area contributed by atoms with Crippen LogP contribution < -0.4 is 10.6 Å². The van der Waals surface area contributed by atoms with Crippen LogP contribution in [-0.4, -0.2) is 37.8 Å². The molecule has 2 aliphatic carbocycles. The van der Waals surface area contributed by atoms with Crippen molar-refractivity contribution >= 4 is 23.2 Å². The van der Waals surface area contributed by atoms with E-state index in [-0.39, 0.29) is 22.9 Å². The summed E-state index contributed by atoms with van der Waals surface area (Å²) in [6.07, 6.45) is 6.92. The predicted octanol–water partition coefficient (Wildman–Crippen LogP) is 2.56. The molecular weight excluding hydrogens is 362 g/mol. The number of hydrogen-bond acceptors (Lipinski definition) is 6. The number of amides is 2. The van der Waals surface area contributed by atoms with Gasteiger partial charge in [-0.2, -0.15) is 0 Å². The fraction of sp³-hybridized carbons (Fsp3) is 0.526. The van der Waals surface area contributed by atoms with Crippen LogP contribution in [0.4, 0.5) is 0 Å². The minimum absolute atomic E-state index is 0.108. The molecule has 8 heteroatoms. The van der Waals surface area contributed by atoms with Gasteiger partial charge in [0, 0.05) is 28.3 Å². The smallest absolute Gasteiger partial charge is 0.280 e. The highest BCUT2D eigenvalue weighted by Gasteiger charge is 2.52. The average molecular weight is 385 g/mol. The first-order valence-electron chi connectivity index (χ1n) is 9.26. The number of carbonyl (C=O) groups is 2. The maximum Gasteiger partial charge on any atom is 0.280 e. The van der Waals surface area contributed by atoms with Crippen molar-refractivity contribution in [3.63, 3.8) is 0 Å². The highest BCUT2D eigenvalue weighted by Crippen LogP contribution is 2.48. The highest BCUT2D eigenvalue weighted by molar-refractivity contribution is 7.11. The van der Waals surface area contributed by atoms with Crippen LogP contribution in [0, 0.1) is 13.8 Å². The summed E-state index contributed by atoms with van der Waals surface area (Å²) in [4.78, 5) is 37.9. The van der Waals surface area contributed by atoms with E-state index in [4.69, 9.17) is 0 Å². The quantitative estimate of drug-likeness (QED) is 0.843. The van der Waals surface area contributed by atoms with Crippen LogP contribution in [0.3, 0.4) is 0 Å². The summed E-state index contributed by atoms with van der Waals surface area (Å²) in [5.74, 6) is 0.305. The van der Waals surface area contributed by atoms with Gasteiger partial charge in [0.05, 0.1) is 0 Å². The summed E-state index contributed by atoms with van der Waals surface area (Å²) in [5, 5.41) is 8.84. The summed E-state index contributed by atoms with van der Waals surface area (Å²) in [6, 6.07) is 1.64. The van der Waals surface area contributed by atoms with Gasteiger partial charge in [-0.15, -0.1) is 11.3 Å². The van der Waals surface area contributed by atoms with Crippen molar-refractivity contribution in [2.45, 2.75) is 63.5 Å². The first-order valence-corrected chi connectivity index (χ1v) is 10.1. The van der Waals surface area contributed by atoms with Gasteiger partial charge in [0.1, 0.15) is 11.5 Å². The fourth-order valence-electron chi connectivity index (χ4n) is 4.47. The zero-order valence-corrected chi connectivity index (χ0v) is 16.4. The molecule has 2 atom stereocenters. The molecule has 0 aliphatic heterocycles. The minimum Gasteiger partial charge on any atom is -0.345 e. The molecule has 2 bridgehead atoms. The van der Waals surface area contributed by atoms with Gasteiger partial charge in [-0.3, -0.25) is 9.59 Å². The second-order valence-corrected chi connectivity index (χ2v) is 8.64. The van der Waals surface area contributed by atoms with Crippen LogP contribution in [0.15, 0.2) is 17.6 Å². The number of aryl methyl sites for hydroxylation is 2. The first-order chi connectivity index (χ1) is 12.9. The number of nitrogens with one attached hydrogen (secondary N) is 2. The van der Waals surface area contributed by atoms with Gasteiger partial charge >= 0.3 is 0 Å². The molecule has 0 saturated heterocycles. The molecule has 2 amide bonds. The van der Waals surface area contributed by atoms with Crippen LogP contribution >= 0.6 is 11.3 Å².